The normalized spacial score (nSPS) is 12.4. The van der Waals surface area contributed by atoms with Gasteiger partial charge >= 0.3 is 12.3 Å². The summed E-state index contributed by atoms with van der Waals surface area (Å²) >= 11 is 0. The second kappa shape index (κ2) is 56.0. The number of alkyl halides is 1. The van der Waals surface area contributed by atoms with Gasteiger partial charge in [0.05, 0.1) is 59.0 Å². The highest BCUT2D eigenvalue weighted by Crippen LogP contribution is 2.36. The third-order valence-corrected chi connectivity index (χ3v) is 19.0. The summed E-state index contributed by atoms with van der Waals surface area (Å²) in [5.74, 6) is 30.2. The minimum Gasteiger partial charge on any atom is -0.435 e. The van der Waals surface area contributed by atoms with Gasteiger partial charge in [0.2, 0.25) is 0 Å². The fourth-order valence-electron chi connectivity index (χ4n) is 4.72. The summed E-state index contributed by atoms with van der Waals surface area (Å²) in [4.78, 5) is 42.9. The quantitative estimate of drug-likeness (QED) is 0.0212. The van der Waals surface area contributed by atoms with Gasteiger partial charge in [-0.05, 0) is 130 Å². The van der Waals surface area contributed by atoms with E-state index in [1.165, 1.54) is 12.2 Å². The number of ether oxygens (including phenoxy) is 6. The molecule has 19 nitrogen and oxygen atoms in total. The molecule has 2 heterocycles. The molecule has 532 valence electrons. The number of carbonyl (C=O) groups is 4. The lowest BCUT2D eigenvalue weighted by Gasteiger charge is -2.35. The molecule has 96 heavy (non-hydrogen) atoms. The summed E-state index contributed by atoms with van der Waals surface area (Å²) in [6.07, 6.45) is 41.5. The maximum atomic E-state index is 11.3. The molecule has 1 fully saturated rings. The van der Waals surface area contributed by atoms with Crippen LogP contribution in [0.25, 0.3) is 0 Å². The zero-order valence-electron chi connectivity index (χ0n) is 60.6. The Morgan fingerprint density at radius 1 is 0.583 bits per heavy atom. The van der Waals surface area contributed by atoms with Gasteiger partial charge in [-0.1, -0.05) is 104 Å². The number of epoxide rings is 1. The number of halogens is 1. The van der Waals surface area contributed by atoms with Gasteiger partial charge in [0.15, 0.2) is 54.8 Å². The molecule has 2 amide bonds. The zero-order chi connectivity index (χ0) is 75.7. The van der Waals surface area contributed by atoms with Gasteiger partial charge in [0.1, 0.15) is 38.2 Å². The third kappa shape index (κ3) is 75.9. The van der Waals surface area contributed by atoms with Crippen molar-refractivity contribution in [2.45, 2.75) is 150 Å². The maximum Gasteiger partial charge on any atom is 0.509 e. The Hall–Kier alpha value is -7.12. The molecule has 0 radical (unpaired) electrons. The van der Waals surface area contributed by atoms with E-state index in [0.717, 1.165) is 28.9 Å². The number of amides is 2. The summed E-state index contributed by atoms with van der Waals surface area (Å²) in [5.41, 5.74) is 1.51. The van der Waals surface area contributed by atoms with Crippen molar-refractivity contribution in [2.24, 2.45) is 0 Å². The highest BCUT2D eigenvalue weighted by Gasteiger charge is 2.36. The largest absolute Gasteiger partial charge is 0.509 e. The minimum absolute atomic E-state index is 0.0289. The Bertz CT molecular complexity index is 2980. The number of hydrogen-bond donors (Lipinski definition) is 0. The van der Waals surface area contributed by atoms with Gasteiger partial charge in [-0.2, -0.15) is 8.42 Å². The molecule has 0 N–H and O–H groups in total. The molecular formula is C70H106FNO18SSi5. The summed E-state index contributed by atoms with van der Waals surface area (Å²) in [7, 11) is -10.7. The smallest absolute Gasteiger partial charge is 0.435 e. The summed E-state index contributed by atoms with van der Waals surface area (Å²) in [6.45, 7) is 45.0. The number of terminal acetylenes is 8. The highest BCUT2D eigenvalue weighted by molar-refractivity contribution is 7.86. The molecule has 2 aliphatic heterocycles. The van der Waals surface area contributed by atoms with Crippen LogP contribution in [0.4, 0.5) is 14.0 Å². The Labute approximate surface area is 582 Å². The van der Waals surface area contributed by atoms with Gasteiger partial charge in [0.25, 0.3) is 21.9 Å². The first-order valence-electron chi connectivity index (χ1n) is 29.7. The SMILES string of the molecule is C#CC(C)(C)O[Si](C)(C)C.C#CCN1C(=O)C=CC1=O.C#CCOC(=O)OCC.C#CCOC(=O)OCCF.C#CCOCC1CO1.C#CCOS(C)(=O)=O.C#CCO[Si](C)(C)C.C#CCO[Si](C)(C)C(C)(C)C.C[Si](C)(C)OCC#Cc1ccccc1C#CCO[Si](C)(C)C. The van der Waals surface area contributed by atoms with Gasteiger partial charge in [-0.15, -0.1) is 51.4 Å². The van der Waals surface area contributed by atoms with Crippen LogP contribution in [-0.2, 0) is 74.4 Å². The van der Waals surface area contributed by atoms with Crippen molar-refractivity contribution in [2.75, 3.05) is 98.8 Å². The van der Waals surface area contributed by atoms with Gasteiger partial charge in [0, 0.05) is 23.3 Å². The van der Waals surface area contributed by atoms with Crippen LogP contribution in [-0.4, -0.2) is 189 Å². The van der Waals surface area contributed by atoms with E-state index < -0.39 is 70.7 Å². The Balaban J connectivity index is -0.000000244. The molecule has 1 aromatic rings. The fraction of sp³-hybridized carbons (Fsp3) is 0.543. The number of nitrogens with zero attached hydrogens (tertiary/aromatic N) is 1. The van der Waals surface area contributed by atoms with Crippen LogP contribution >= 0.6 is 0 Å². The monoisotopic (exact) mass is 1440 g/mol. The van der Waals surface area contributed by atoms with Crippen LogP contribution < -0.4 is 0 Å². The molecule has 1 unspecified atom stereocenters. The molecule has 1 saturated heterocycles. The predicted octanol–water partition coefficient (Wildman–Crippen LogP) is 11.2. The second-order valence-electron chi connectivity index (χ2n) is 24.8. The van der Waals surface area contributed by atoms with Crippen molar-refractivity contribution < 1.29 is 86.7 Å². The molecule has 3 rings (SSSR count). The van der Waals surface area contributed by atoms with E-state index in [9.17, 15) is 32.0 Å². The summed E-state index contributed by atoms with van der Waals surface area (Å²) < 4.78 is 90.6. The highest BCUT2D eigenvalue weighted by atomic mass is 32.2. The number of carbonyl (C=O) groups excluding carboxylic acids is 4. The van der Waals surface area contributed by atoms with Crippen molar-refractivity contribution in [1.29, 1.82) is 0 Å². The molecule has 1 aromatic carbocycles. The molecule has 0 aliphatic carbocycles. The Morgan fingerprint density at radius 2 is 0.979 bits per heavy atom. The fourth-order valence-corrected chi connectivity index (χ4v) is 8.99. The maximum absolute atomic E-state index is 11.3. The topological polar surface area (TPSA) is 220 Å². The van der Waals surface area contributed by atoms with Crippen molar-refractivity contribution in [3.05, 3.63) is 47.5 Å². The van der Waals surface area contributed by atoms with E-state index in [1.807, 2.05) is 44.0 Å². The molecule has 0 saturated carbocycles. The van der Waals surface area contributed by atoms with Gasteiger partial charge in [-0.25, -0.2) is 14.0 Å². The van der Waals surface area contributed by atoms with Crippen LogP contribution in [0.1, 0.15) is 52.7 Å². The number of benzene rings is 1. The zero-order valence-corrected chi connectivity index (χ0v) is 66.5. The molecule has 0 aromatic heterocycles. The summed E-state index contributed by atoms with van der Waals surface area (Å²) in [6, 6.07) is 7.94. The van der Waals surface area contributed by atoms with Gasteiger partial charge < -0.3 is 50.6 Å². The Kier molecular flexibility index (Phi) is 58.3. The lowest BCUT2D eigenvalue weighted by atomic mass is 10.1. The number of rotatable bonds is 21. The second-order valence-corrected chi connectivity index (χ2v) is 49.2. The van der Waals surface area contributed by atoms with Crippen LogP contribution in [0.5, 0.6) is 0 Å². The number of imide groups is 1. The minimum atomic E-state index is -3.33. The average Bonchev–Trinajstić information content (AvgIpc) is 1.09. The first-order valence-corrected chi connectivity index (χ1v) is 48.1. The van der Waals surface area contributed by atoms with Crippen molar-refractivity contribution >= 4 is 75.8 Å². The van der Waals surface area contributed by atoms with Crippen molar-refractivity contribution in [1.82, 2.24) is 4.90 Å². The molecule has 1 atom stereocenters. The van der Waals surface area contributed by atoms with Crippen LogP contribution in [0, 0.1) is 122 Å². The Morgan fingerprint density at radius 3 is 1.27 bits per heavy atom. The van der Waals surface area contributed by atoms with Crippen molar-refractivity contribution in [3.8, 4) is 122 Å². The molecular weight excluding hydrogens is 1330 g/mol. The molecule has 26 heteroatoms. The first kappa shape index (κ1) is 99.9. The van der Waals surface area contributed by atoms with Crippen LogP contribution in [0.2, 0.25) is 96.7 Å². The van der Waals surface area contributed by atoms with E-state index in [2.05, 4.69) is 201 Å². The standard InChI is InChI=1S/C18H26O2Si2.C9H18OSi.C8H16OSi.C7H5NO2.C6H7FO3.C6H8O3.C6H8O2.C6H12OSi.C4H6O3S/c1-21(2,3)19-15-9-13-17-11-7-8-12-18(17)14-10-16-20-22(4,5)6;1-7-8-10-11(5,6)9(2,3)4;1-7-8(2,3)9-10(4,5)6;1-2-5-8-6(9)3-4-7(8)10;1-2-4-9-6(8)10-5-3-7;1-3-5-9-6(7)8-4-2;1-2-3-7-4-6-5-8-6;1-5-6-7-8(2,3)4;1-3-4-7-8(2,5)6/h7-8,11-12H,15-16H2,1-6H3;1H,8H2,2-6H3;1H,2-6H3;1,3-4H,5H2;1H,3-5H2;1H,4-5H2,2H3;1,6H,3-5H2;1H,6H2,2-4H3;1H,4H2,2H3. The van der Waals surface area contributed by atoms with Crippen LogP contribution in [0.3, 0.4) is 0 Å². The van der Waals surface area contributed by atoms with E-state index in [1.54, 1.807) is 6.92 Å². The average molecular weight is 1440 g/mol. The van der Waals surface area contributed by atoms with E-state index in [4.69, 9.17) is 83.0 Å². The van der Waals surface area contributed by atoms with E-state index in [-0.39, 0.29) is 55.4 Å². The predicted molar refractivity (Wildman–Crippen MR) is 394 cm³/mol. The lowest BCUT2D eigenvalue weighted by molar-refractivity contribution is -0.136. The van der Waals surface area contributed by atoms with Gasteiger partial charge in [-0.3, -0.25) is 18.7 Å². The molecule has 0 spiro atoms. The third-order valence-electron chi connectivity index (χ3n) is 9.85. The van der Waals surface area contributed by atoms with E-state index >= 15 is 0 Å². The number of hydrogen-bond acceptors (Lipinski definition) is 18. The summed E-state index contributed by atoms with van der Waals surface area (Å²) in [5, 5.41) is 0.268. The lowest BCUT2D eigenvalue weighted by Crippen LogP contribution is -2.40. The van der Waals surface area contributed by atoms with Crippen molar-refractivity contribution in [3.63, 3.8) is 0 Å². The first-order chi connectivity index (χ1) is 44.2. The van der Waals surface area contributed by atoms with E-state index in [0.29, 0.717) is 52.4 Å². The van der Waals surface area contributed by atoms with Crippen LogP contribution in [0.15, 0.2) is 36.4 Å². The molecule has 2 aliphatic rings. The molecule has 0 bridgehead atoms.